The maximum Gasteiger partial charge on any atom is 0.300 e. The molecule has 0 aliphatic heterocycles. The van der Waals surface area contributed by atoms with Gasteiger partial charge in [0.2, 0.25) is 0 Å². The number of carboxylic acids is 1. The van der Waals surface area contributed by atoms with Crippen LogP contribution in [0, 0.1) is 0 Å². The first-order valence-corrected chi connectivity index (χ1v) is 0.928. The molecule has 0 amide bonds. The maximum atomic E-state index is 9.00. The van der Waals surface area contributed by atoms with Crippen LogP contribution in [0.3, 0.4) is 0 Å². The Morgan fingerprint density at radius 2 is 1.67 bits per heavy atom. The van der Waals surface area contributed by atoms with Crippen molar-refractivity contribution in [2.45, 2.75) is 6.92 Å². The molecule has 6 heavy (non-hydrogen) atoms. The molecule has 0 saturated heterocycles. The van der Waals surface area contributed by atoms with E-state index in [1.165, 1.54) is 0 Å². The van der Waals surface area contributed by atoms with Gasteiger partial charge in [-0.1, -0.05) is 0 Å². The molecule has 0 atom stereocenters. The molecule has 2 nitrogen and oxygen atoms in total. The molecule has 0 aromatic carbocycles. The molecule has 0 aliphatic carbocycles. The topological polar surface area (TPSA) is 37.3 Å². The summed E-state index contributed by atoms with van der Waals surface area (Å²) in [6, 6.07) is 0. The van der Waals surface area contributed by atoms with Gasteiger partial charge >= 0.3 is 0 Å². The van der Waals surface area contributed by atoms with Gasteiger partial charge in [-0.2, -0.15) is 0 Å². The summed E-state index contributed by atoms with van der Waals surface area (Å²) in [6.07, 6.45) is 0. The number of aliphatic carboxylic acids is 1. The fourth-order valence-corrected chi connectivity index (χ4v) is 0. The molecule has 0 aliphatic rings. The summed E-state index contributed by atoms with van der Waals surface area (Å²) in [7, 11) is 0. The van der Waals surface area contributed by atoms with Crippen molar-refractivity contribution in [1.29, 1.82) is 0 Å². The van der Waals surface area contributed by atoms with Gasteiger partial charge in [-0.25, -0.2) is 0 Å². The fourth-order valence-electron chi connectivity index (χ4n) is 0. The summed E-state index contributed by atoms with van der Waals surface area (Å²) < 4.78 is 0. The standard InChI is InChI=1S/C2H4O2.Ag.Al.3H/c1-2(3)4;;;;;/h1H3,(H,3,4);;;;;. The van der Waals surface area contributed by atoms with Crippen LogP contribution in [0.25, 0.3) is 0 Å². The van der Waals surface area contributed by atoms with E-state index >= 15 is 0 Å². The van der Waals surface area contributed by atoms with Crippen LogP contribution in [-0.2, 0) is 27.2 Å². The van der Waals surface area contributed by atoms with Gasteiger partial charge in [0.1, 0.15) is 0 Å². The average Bonchev–Trinajstić information content (AvgIpc) is 0.811. The molecule has 0 aromatic rings. The molecule has 41 valence electrons. The number of rotatable bonds is 0. The zero-order valence-corrected chi connectivity index (χ0v) is 4.14. The van der Waals surface area contributed by atoms with Crippen molar-refractivity contribution in [2.24, 2.45) is 0 Å². The minimum Gasteiger partial charge on any atom is -0.481 e. The second kappa shape index (κ2) is 9.22. The average molecular weight is 198 g/mol. The normalized spacial score (nSPS) is 4.17. The minimum absolute atomic E-state index is 0. The summed E-state index contributed by atoms with van der Waals surface area (Å²) in [5.41, 5.74) is 0. The van der Waals surface area contributed by atoms with Crippen molar-refractivity contribution < 1.29 is 32.3 Å². The van der Waals surface area contributed by atoms with Crippen molar-refractivity contribution in [3.05, 3.63) is 0 Å². The Kier molecular flexibility index (Phi) is 24.4. The van der Waals surface area contributed by atoms with Crippen molar-refractivity contribution in [1.82, 2.24) is 0 Å². The van der Waals surface area contributed by atoms with Crippen molar-refractivity contribution in [3.63, 3.8) is 0 Å². The first-order chi connectivity index (χ1) is 1.73. The van der Waals surface area contributed by atoms with Crippen LogP contribution < -0.4 is 0 Å². The molecule has 0 heterocycles. The van der Waals surface area contributed by atoms with E-state index in [1.54, 1.807) is 0 Å². The van der Waals surface area contributed by atoms with Gasteiger partial charge in [0.05, 0.1) is 0 Å². The molecular formula is C2H7AgAlO2. The molecule has 1 N–H and O–H groups in total. The van der Waals surface area contributed by atoms with Gasteiger partial charge in [-0.05, 0) is 0 Å². The molecular weight excluding hydrogens is 191 g/mol. The van der Waals surface area contributed by atoms with E-state index in [-0.39, 0.29) is 39.7 Å². The molecule has 0 unspecified atom stereocenters. The smallest absolute Gasteiger partial charge is 0.300 e. The third-order valence-corrected chi connectivity index (χ3v) is 0. The number of hydrogen-bond donors (Lipinski definition) is 1. The summed E-state index contributed by atoms with van der Waals surface area (Å²) in [4.78, 5) is 9.00. The van der Waals surface area contributed by atoms with Gasteiger partial charge in [-0.3, -0.25) is 4.79 Å². The van der Waals surface area contributed by atoms with Gasteiger partial charge in [0.25, 0.3) is 5.97 Å². The Labute approximate surface area is 62.6 Å². The molecule has 0 bridgehead atoms. The summed E-state index contributed by atoms with van der Waals surface area (Å²) in [6.45, 7) is 1.08. The van der Waals surface area contributed by atoms with Crippen LogP contribution in [0.1, 0.15) is 6.92 Å². The third-order valence-electron chi connectivity index (χ3n) is 0. The van der Waals surface area contributed by atoms with Crippen LogP contribution in [0.4, 0.5) is 0 Å². The predicted molar refractivity (Wildman–Crippen MR) is 23.2 cm³/mol. The van der Waals surface area contributed by atoms with Crippen LogP contribution >= 0.6 is 0 Å². The maximum absolute atomic E-state index is 9.00. The molecule has 0 fully saturated rings. The second-order valence-corrected chi connectivity index (χ2v) is 0.519. The van der Waals surface area contributed by atoms with E-state index in [4.69, 9.17) is 9.90 Å². The Morgan fingerprint density at radius 1 is 1.67 bits per heavy atom. The summed E-state index contributed by atoms with van der Waals surface area (Å²) >= 11 is 0. The van der Waals surface area contributed by atoms with E-state index < -0.39 is 5.97 Å². The molecule has 4 heteroatoms. The van der Waals surface area contributed by atoms with E-state index in [0.29, 0.717) is 0 Å². The Morgan fingerprint density at radius 3 is 1.67 bits per heavy atom. The van der Waals surface area contributed by atoms with Crippen molar-refractivity contribution in [2.75, 3.05) is 0 Å². The second-order valence-electron chi connectivity index (χ2n) is 0.519. The van der Waals surface area contributed by atoms with Gasteiger partial charge in [0, 0.05) is 29.3 Å². The van der Waals surface area contributed by atoms with Gasteiger partial charge in [-0.15, -0.1) is 0 Å². The molecule has 0 rings (SSSR count). The van der Waals surface area contributed by atoms with Gasteiger partial charge in [0.15, 0.2) is 17.4 Å². The quantitative estimate of drug-likeness (QED) is 0.502. The Balaban J connectivity index is -0.0000000450. The SMILES string of the molecule is CC(=O)O.[Ag].[AlH3]. The Hall–Kier alpha value is 0.743. The van der Waals surface area contributed by atoms with Crippen molar-refractivity contribution >= 4 is 23.3 Å². The molecule has 1 radical (unpaired) electrons. The Bertz CT molecular complexity index is 34.5. The third kappa shape index (κ3) is 120. The predicted octanol–water partition coefficient (Wildman–Crippen LogP) is -1.10. The number of carbonyl (C=O) groups is 1. The monoisotopic (exact) mass is 197 g/mol. The van der Waals surface area contributed by atoms with E-state index in [1.807, 2.05) is 0 Å². The fraction of sp³-hybridized carbons (Fsp3) is 0.500. The van der Waals surface area contributed by atoms with Crippen LogP contribution in [0.5, 0.6) is 0 Å². The number of carboxylic acid groups (broad SMARTS) is 1. The molecule has 0 saturated carbocycles. The van der Waals surface area contributed by atoms with Gasteiger partial charge < -0.3 is 5.11 Å². The summed E-state index contributed by atoms with van der Waals surface area (Å²) in [5.74, 6) is -0.833. The van der Waals surface area contributed by atoms with E-state index in [0.717, 1.165) is 6.92 Å². The van der Waals surface area contributed by atoms with Crippen LogP contribution in [0.15, 0.2) is 0 Å². The van der Waals surface area contributed by atoms with Crippen LogP contribution in [-0.4, -0.2) is 28.4 Å². The first-order valence-electron chi connectivity index (χ1n) is 0.928. The summed E-state index contributed by atoms with van der Waals surface area (Å²) in [5, 5.41) is 7.42. The molecule has 0 spiro atoms. The minimum atomic E-state index is -0.833. The zero-order chi connectivity index (χ0) is 3.58. The van der Waals surface area contributed by atoms with Crippen LogP contribution in [0.2, 0.25) is 0 Å². The van der Waals surface area contributed by atoms with E-state index in [9.17, 15) is 0 Å². The largest absolute Gasteiger partial charge is 0.481 e. The van der Waals surface area contributed by atoms with E-state index in [2.05, 4.69) is 0 Å². The molecule has 0 aromatic heterocycles. The first kappa shape index (κ1) is 15.9. The van der Waals surface area contributed by atoms with Crippen molar-refractivity contribution in [3.8, 4) is 0 Å². The number of hydrogen-bond acceptors (Lipinski definition) is 1. The zero-order valence-electron chi connectivity index (χ0n) is 2.66.